The molecule has 16 heavy (non-hydrogen) atoms. The molecule has 0 aliphatic carbocycles. The highest BCUT2D eigenvalue weighted by molar-refractivity contribution is 6.12. The van der Waals surface area contributed by atoms with Gasteiger partial charge >= 0.3 is 0 Å². The first-order valence-corrected chi connectivity index (χ1v) is 8.50. The Morgan fingerprint density at radius 3 is 1.88 bits per heavy atom. The minimum atomic E-state index is 0.606. The van der Waals surface area contributed by atoms with E-state index in [-0.39, 0.29) is 0 Å². The van der Waals surface area contributed by atoms with E-state index in [1.54, 1.807) is 0 Å². The summed E-state index contributed by atoms with van der Waals surface area (Å²) in [7, 11) is 1.34. The normalized spacial score (nSPS) is 22.5. The molecule has 1 heterocycles. The van der Waals surface area contributed by atoms with Gasteiger partial charge in [0, 0.05) is 10.2 Å². The molecule has 2 unspecified atom stereocenters. The molecule has 96 valence electrons. The van der Waals surface area contributed by atoms with Crippen LogP contribution in [0.2, 0.25) is 0 Å². The van der Waals surface area contributed by atoms with Crippen LogP contribution in [0.15, 0.2) is 0 Å². The van der Waals surface area contributed by atoms with Gasteiger partial charge < -0.3 is 4.90 Å². The van der Waals surface area contributed by atoms with Crippen LogP contribution in [0.25, 0.3) is 0 Å². The second-order valence-electron chi connectivity index (χ2n) is 5.70. The molecule has 1 nitrogen and oxygen atoms in total. The lowest BCUT2D eigenvalue weighted by Crippen LogP contribution is -2.45. The third-order valence-corrected chi connectivity index (χ3v) is 7.25. The lowest BCUT2D eigenvalue weighted by Gasteiger charge is -2.43. The van der Waals surface area contributed by atoms with E-state index in [1.807, 2.05) is 0 Å². The first-order chi connectivity index (χ1) is 7.61. The van der Waals surface area contributed by atoms with Crippen LogP contribution in [-0.4, -0.2) is 33.9 Å². The van der Waals surface area contributed by atoms with Crippen LogP contribution in [0, 0.1) is 11.3 Å². The van der Waals surface area contributed by atoms with Gasteiger partial charge in [-0.1, -0.05) is 47.0 Å². The largest absolute Gasteiger partial charge is 0.304 e. The zero-order chi connectivity index (χ0) is 12.2. The van der Waals surface area contributed by atoms with Crippen LogP contribution in [0.3, 0.4) is 0 Å². The summed E-state index contributed by atoms with van der Waals surface area (Å²) in [5, 5.41) is 0. The Hall–Kier alpha value is 0.177. The van der Waals surface area contributed by atoms with Gasteiger partial charge in [0.05, 0.1) is 0 Å². The van der Waals surface area contributed by atoms with Crippen LogP contribution in [0.1, 0.15) is 59.8 Å². The first kappa shape index (κ1) is 14.2. The Balaban J connectivity index is 2.68. The molecular weight excluding hydrogens is 210 g/mol. The van der Waals surface area contributed by atoms with E-state index in [2.05, 4.69) is 32.6 Å². The summed E-state index contributed by atoms with van der Waals surface area (Å²) in [6.45, 7) is 12.4. The molecule has 0 bridgehead atoms. The van der Waals surface area contributed by atoms with Gasteiger partial charge in [-0.3, -0.25) is 0 Å². The Bertz CT molecular complexity index is 187. The molecule has 0 saturated carbocycles. The van der Waals surface area contributed by atoms with Crippen molar-refractivity contribution in [2.75, 3.05) is 13.1 Å². The van der Waals surface area contributed by atoms with Crippen LogP contribution in [-0.2, 0) is 0 Å². The zero-order valence-electron chi connectivity index (χ0n) is 12.1. The molecule has 1 aliphatic rings. The van der Waals surface area contributed by atoms with Crippen molar-refractivity contribution in [3.8, 4) is 0 Å². The van der Waals surface area contributed by atoms with Crippen molar-refractivity contribution >= 4 is 10.2 Å². The molecule has 0 amide bonds. The van der Waals surface area contributed by atoms with Gasteiger partial charge in [-0.2, -0.15) is 0 Å². The summed E-state index contributed by atoms with van der Waals surface area (Å²) < 4.78 is 0. The van der Waals surface area contributed by atoms with Gasteiger partial charge in [-0.05, 0) is 42.9 Å². The molecule has 1 rings (SSSR count). The van der Waals surface area contributed by atoms with Crippen molar-refractivity contribution < 1.29 is 0 Å². The maximum atomic E-state index is 2.77. The van der Waals surface area contributed by atoms with Crippen molar-refractivity contribution in [2.45, 2.75) is 65.5 Å². The molecule has 0 radical (unpaired) electrons. The highest BCUT2D eigenvalue weighted by Gasteiger charge is 2.36. The third-order valence-electron chi connectivity index (χ3n) is 5.52. The van der Waals surface area contributed by atoms with Gasteiger partial charge in [0.1, 0.15) is 0 Å². The molecule has 2 heteroatoms. The second kappa shape index (κ2) is 6.20. The number of hydrogen-bond donors (Lipinski definition) is 0. The predicted molar refractivity (Wildman–Crippen MR) is 77.0 cm³/mol. The molecule has 1 fully saturated rings. The molecule has 0 spiro atoms. The fourth-order valence-electron chi connectivity index (χ4n) is 3.69. The fraction of sp³-hybridized carbons (Fsp3) is 1.00. The van der Waals surface area contributed by atoms with Crippen molar-refractivity contribution in [1.82, 2.24) is 4.90 Å². The van der Waals surface area contributed by atoms with Gasteiger partial charge in [0.2, 0.25) is 0 Å². The van der Waals surface area contributed by atoms with Crippen LogP contribution in [0.4, 0.5) is 0 Å². The number of rotatable bonds is 6. The monoisotopic (exact) mass is 241 g/mol. The molecule has 0 aromatic heterocycles. The molecule has 0 aromatic carbocycles. The van der Waals surface area contributed by atoms with Crippen molar-refractivity contribution in [3.63, 3.8) is 0 Å². The molecular formula is C14H31NSi. The van der Waals surface area contributed by atoms with E-state index in [0.717, 1.165) is 11.6 Å². The summed E-state index contributed by atoms with van der Waals surface area (Å²) in [6.07, 6.45) is 6.93. The van der Waals surface area contributed by atoms with E-state index in [9.17, 15) is 0 Å². The Kier molecular flexibility index (Phi) is 5.52. The van der Waals surface area contributed by atoms with Gasteiger partial charge in [-0.25, -0.2) is 0 Å². The zero-order valence-corrected chi connectivity index (χ0v) is 14.1. The molecule has 1 aliphatic heterocycles. The SMILES string of the molecule is CCC(CC)(CC)C(C)C([SiH3])N1CCCC1. The van der Waals surface area contributed by atoms with E-state index in [1.165, 1.54) is 55.4 Å². The summed E-state index contributed by atoms with van der Waals surface area (Å²) in [4.78, 5) is 2.77. The van der Waals surface area contributed by atoms with E-state index < -0.39 is 0 Å². The Labute approximate surface area is 105 Å². The third kappa shape index (κ3) is 2.70. The van der Waals surface area contributed by atoms with Crippen LogP contribution < -0.4 is 0 Å². The summed E-state index contributed by atoms with van der Waals surface area (Å²) in [6, 6.07) is 0. The van der Waals surface area contributed by atoms with Crippen LogP contribution >= 0.6 is 0 Å². The average molecular weight is 241 g/mol. The van der Waals surface area contributed by atoms with E-state index >= 15 is 0 Å². The standard InChI is InChI=1S/C14H31NSi/c1-5-14(6-2,7-3)12(4)13(16)15-10-8-9-11-15/h12-13H,5-11H2,1-4,16H3. The minimum absolute atomic E-state index is 0.606. The fourth-order valence-corrected chi connectivity index (χ4v) is 4.92. The molecule has 1 saturated heterocycles. The summed E-state index contributed by atoms with van der Waals surface area (Å²) in [5.41, 5.74) is 1.51. The maximum absolute atomic E-state index is 2.77. The summed E-state index contributed by atoms with van der Waals surface area (Å²) >= 11 is 0. The van der Waals surface area contributed by atoms with Gasteiger partial charge in [-0.15, -0.1) is 0 Å². The summed E-state index contributed by atoms with van der Waals surface area (Å²) in [5.74, 6) is 0.886. The first-order valence-electron chi connectivity index (χ1n) is 7.35. The molecule has 0 N–H and O–H groups in total. The second-order valence-corrected chi connectivity index (χ2v) is 6.88. The number of likely N-dealkylation sites (tertiary alicyclic amines) is 1. The Morgan fingerprint density at radius 1 is 1.06 bits per heavy atom. The van der Waals surface area contributed by atoms with Crippen molar-refractivity contribution in [1.29, 1.82) is 0 Å². The minimum Gasteiger partial charge on any atom is -0.304 e. The number of hydrogen-bond acceptors (Lipinski definition) is 1. The van der Waals surface area contributed by atoms with Crippen molar-refractivity contribution in [2.24, 2.45) is 11.3 Å². The van der Waals surface area contributed by atoms with E-state index in [4.69, 9.17) is 0 Å². The quantitative estimate of drug-likeness (QED) is 0.646. The highest BCUT2D eigenvalue weighted by Crippen LogP contribution is 2.41. The molecule has 0 aromatic rings. The van der Waals surface area contributed by atoms with Gasteiger partial charge in [0.25, 0.3) is 0 Å². The van der Waals surface area contributed by atoms with E-state index in [0.29, 0.717) is 5.41 Å². The van der Waals surface area contributed by atoms with Crippen LogP contribution in [0.5, 0.6) is 0 Å². The smallest absolute Gasteiger partial charge is 0.0248 e. The average Bonchev–Trinajstić information content (AvgIpc) is 2.84. The lowest BCUT2D eigenvalue weighted by atomic mass is 9.69. The molecule has 2 atom stereocenters. The highest BCUT2D eigenvalue weighted by atomic mass is 28.1. The maximum Gasteiger partial charge on any atom is 0.0248 e. The number of nitrogens with zero attached hydrogens (tertiary/aromatic N) is 1. The van der Waals surface area contributed by atoms with Crippen molar-refractivity contribution in [3.05, 3.63) is 0 Å². The topological polar surface area (TPSA) is 3.24 Å². The van der Waals surface area contributed by atoms with Gasteiger partial charge in [0.15, 0.2) is 0 Å². The predicted octanol–water partition coefficient (Wildman–Crippen LogP) is 2.63. The lowest BCUT2D eigenvalue weighted by molar-refractivity contribution is 0.0924. The Morgan fingerprint density at radius 2 is 1.50 bits per heavy atom.